The number of ether oxygens (including phenoxy) is 2. The van der Waals surface area contributed by atoms with Gasteiger partial charge in [-0.15, -0.1) is 0 Å². The molecule has 3 aliphatic rings. The maximum atomic E-state index is 13.4. The summed E-state index contributed by atoms with van der Waals surface area (Å²) in [7, 11) is 0. The van der Waals surface area contributed by atoms with E-state index in [1.165, 1.54) is 0 Å². The second-order valence-electron chi connectivity index (χ2n) is 8.48. The summed E-state index contributed by atoms with van der Waals surface area (Å²) in [5.41, 5.74) is 2.20. The van der Waals surface area contributed by atoms with Gasteiger partial charge in [0.25, 0.3) is 5.91 Å². The van der Waals surface area contributed by atoms with Gasteiger partial charge >= 0.3 is 0 Å². The van der Waals surface area contributed by atoms with Gasteiger partial charge in [-0.3, -0.25) is 9.69 Å². The first-order valence-corrected chi connectivity index (χ1v) is 10.6. The fourth-order valence-electron chi connectivity index (χ4n) is 5.46. The summed E-state index contributed by atoms with van der Waals surface area (Å²) in [4.78, 5) is 17.9. The van der Waals surface area contributed by atoms with E-state index < -0.39 is 5.72 Å². The van der Waals surface area contributed by atoms with Crippen molar-refractivity contribution in [3.63, 3.8) is 0 Å². The van der Waals surface area contributed by atoms with Crippen LogP contribution in [0.5, 0.6) is 0 Å². The first-order chi connectivity index (χ1) is 14.1. The van der Waals surface area contributed by atoms with Crippen LogP contribution in [0.2, 0.25) is 0 Å². The van der Waals surface area contributed by atoms with Crippen LogP contribution in [0.1, 0.15) is 41.3 Å². The zero-order valence-corrected chi connectivity index (χ0v) is 17.1. The van der Waals surface area contributed by atoms with E-state index in [-0.39, 0.29) is 24.0 Å². The predicted octanol–water partition coefficient (Wildman–Crippen LogP) is 3.22. The fraction of sp³-hybridized carbons (Fsp3) is 0.458. The third kappa shape index (κ3) is 3.00. The van der Waals surface area contributed by atoms with Crippen molar-refractivity contribution >= 4 is 5.91 Å². The van der Waals surface area contributed by atoms with Crippen LogP contribution in [0.3, 0.4) is 0 Å². The SMILES string of the molecule is CC1CN(C[C@H]2c3ccccc3C(=O)N3CCO[C@@]23c2ccccc2)CC(C)O1. The zero-order valence-electron chi connectivity index (χ0n) is 17.1. The average molecular weight is 392 g/mol. The van der Waals surface area contributed by atoms with Gasteiger partial charge in [0.05, 0.1) is 24.7 Å². The molecule has 4 atom stereocenters. The molecule has 0 spiro atoms. The standard InChI is InChI=1S/C24H28N2O3/c1-17-14-25(15-18(2)29-17)16-22-20-10-6-7-11-21(20)23(27)26-12-13-28-24(22,26)19-8-4-3-5-9-19/h3-11,17-18,22H,12-16H2,1-2H3/t17?,18?,22-,24-/m0/s1. The Labute approximate surface area is 172 Å². The number of amides is 1. The summed E-state index contributed by atoms with van der Waals surface area (Å²) in [6.45, 7) is 8.05. The van der Waals surface area contributed by atoms with Crippen molar-refractivity contribution in [2.24, 2.45) is 0 Å². The van der Waals surface area contributed by atoms with Gasteiger partial charge < -0.3 is 14.4 Å². The molecular formula is C24H28N2O3. The molecule has 0 radical (unpaired) electrons. The van der Waals surface area contributed by atoms with Crippen LogP contribution in [0.15, 0.2) is 54.6 Å². The topological polar surface area (TPSA) is 42.0 Å². The highest BCUT2D eigenvalue weighted by Gasteiger charge is 2.57. The Bertz CT molecular complexity index is 892. The molecule has 0 aromatic heterocycles. The Hall–Kier alpha value is -2.21. The molecule has 3 aliphatic heterocycles. The lowest BCUT2D eigenvalue weighted by Crippen LogP contribution is -2.57. The van der Waals surface area contributed by atoms with Crippen molar-refractivity contribution in [3.8, 4) is 0 Å². The van der Waals surface area contributed by atoms with E-state index in [4.69, 9.17) is 9.47 Å². The minimum atomic E-state index is -0.753. The van der Waals surface area contributed by atoms with Crippen LogP contribution in [-0.4, -0.2) is 60.7 Å². The van der Waals surface area contributed by atoms with Crippen LogP contribution in [0.4, 0.5) is 0 Å². The number of morpholine rings is 1. The summed E-state index contributed by atoms with van der Waals surface area (Å²) in [6.07, 6.45) is 0.403. The Morgan fingerprint density at radius 1 is 1.00 bits per heavy atom. The Morgan fingerprint density at radius 3 is 2.45 bits per heavy atom. The molecule has 5 heteroatoms. The van der Waals surface area contributed by atoms with Crippen molar-refractivity contribution in [3.05, 3.63) is 71.3 Å². The molecule has 29 heavy (non-hydrogen) atoms. The van der Waals surface area contributed by atoms with Crippen molar-refractivity contribution in [2.75, 3.05) is 32.8 Å². The van der Waals surface area contributed by atoms with Crippen molar-refractivity contribution < 1.29 is 14.3 Å². The molecule has 0 bridgehead atoms. The molecule has 3 heterocycles. The molecule has 5 nitrogen and oxygen atoms in total. The predicted molar refractivity (Wildman–Crippen MR) is 111 cm³/mol. The Kier molecular flexibility index (Phi) is 4.69. The molecule has 0 saturated carbocycles. The number of carbonyl (C=O) groups is 1. The van der Waals surface area contributed by atoms with Crippen molar-refractivity contribution in [1.29, 1.82) is 0 Å². The average Bonchev–Trinajstić information content (AvgIpc) is 3.18. The summed E-state index contributed by atoms with van der Waals surface area (Å²) in [5.74, 6) is 0.112. The van der Waals surface area contributed by atoms with Gasteiger partial charge in [-0.05, 0) is 25.5 Å². The van der Waals surface area contributed by atoms with Gasteiger partial charge in [0.2, 0.25) is 0 Å². The number of carbonyl (C=O) groups excluding carboxylic acids is 1. The van der Waals surface area contributed by atoms with E-state index in [9.17, 15) is 4.79 Å². The van der Waals surface area contributed by atoms with E-state index >= 15 is 0 Å². The smallest absolute Gasteiger partial charge is 0.256 e. The maximum Gasteiger partial charge on any atom is 0.256 e. The molecular weight excluding hydrogens is 364 g/mol. The third-order valence-corrected chi connectivity index (χ3v) is 6.45. The Balaban J connectivity index is 1.63. The molecule has 0 N–H and O–H groups in total. The number of fused-ring (bicyclic) bond motifs is 2. The van der Waals surface area contributed by atoms with E-state index in [1.807, 2.05) is 41.3 Å². The van der Waals surface area contributed by atoms with Gasteiger partial charge in [-0.1, -0.05) is 48.5 Å². The summed E-state index contributed by atoms with van der Waals surface area (Å²) < 4.78 is 12.5. The number of nitrogens with zero attached hydrogens (tertiary/aromatic N) is 2. The summed E-state index contributed by atoms with van der Waals surface area (Å²) >= 11 is 0. The van der Waals surface area contributed by atoms with Crippen LogP contribution in [0, 0.1) is 0 Å². The monoisotopic (exact) mass is 392 g/mol. The minimum Gasteiger partial charge on any atom is -0.373 e. The molecule has 5 rings (SSSR count). The first-order valence-electron chi connectivity index (χ1n) is 10.6. The molecule has 2 saturated heterocycles. The number of hydrogen-bond acceptors (Lipinski definition) is 4. The molecule has 0 aliphatic carbocycles. The molecule has 1 amide bonds. The highest BCUT2D eigenvalue weighted by atomic mass is 16.5. The quantitative estimate of drug-likeness (QED) is 0.804. The molecule has 2 fully saturated rings. The minimum absolute atomic E-state index is 0.0406. The van der Waals surface area contributed by atoms with Gasteiger partial charge in [0.15, 0.2) is 5.72 Å². The maximum absolute atomic E-state index is 13.4. The van der Waals surface area contributed by atoms with Crippen LogP contribution >= 0.6 is 0 Å². The molecule has 2 aromatic carbocycles. The largest absolute Gasteiger partial charge is 0.373 e. The highest BCUT2D eigenvalue weighted by molar-refractivity contribution is 5.98. The highest BCUT2D eigenvalue weighted by Crippen LogP contribution is 2.51. The van der Waals surface area contributed by atoms with E-state index in [0.717, 1.165) is 36.3 Å². The summed E-state index contributed by atoms with van der Waals surface area (Å²) in [6, 6.07) is 18.3. The second kappa shape index (κ2) is 7.24. The van der Waals surface area contributed by atoms with Crippen molar-refractivity contribution in [1.82, 2.24) is 9.80 Å². The number of rotatable bonds is 3. The van der Waals surface area contributed by atoms with E-state index in [2.05, 4.69) is 36.9 Å². The number of hydrogen-bond donors (Lipinski definition) is 0. The first kappa shape index (κ1) is 18.8. The van der Waals surface area contributed by atoms with Crippen LogP contribution in [0.25, 0.3) is 0 Å². The number of benzene rings is 2. The fourth-order valence-corrected chi connectivity index (χ4v) is 5.46. The third-order valence-electron chi connectivity index (χ3n) is 6.45. The Morgan fingerprint density at radius 2 is 1.69 bits per heavy atom. The molecule has 2 unspecified atom stereocenters. The van der Waals surface area contributed by atoms with E-state index in [1.54, 1.807) is 0 Å². The van der Waals surface area contributed by atoms with Crippen molar-refractivity contribution in [2.45, 2.75) is 37.7 Å². The van der Waals surface area contributed by atoms with Gasteiger partial charge in [-0.25, -0.2) is 0 Å². The van der Waals surface area contributed by atoms with Gasteiger partial charge in [-0.2, -0.15) is 0 Å². The lowest BCUT2D eigenvalue weighted by Gasteiger charge is -2.49. The molecule has 152 valence electrons. The van der Waals surface area contributed by atoms with Gasteiger partial charge in [0.1, 0.15) is 0 Å². The van der Waals surface area contributed by atoms with Crippen LogP contribution in [-0.2, 0) is 15.2 Å². The zero-order chi connectivity index (χ0) is 20.0. The normalized spacial score (nSPS) is 32.1. The molecule has 2 aromatic rings. The van der Waals surface area contributed by atoms with Crippen LogP contribution < -0.4 is 0 Å². The summed E-state index contributed by atoms with van der Waals surface area (Å²) in [5, 5.41) is 0. The van der Waals surface area contributed by atoms with Gasteiger partial charge in [0, 0.05) is 37.3 Å². The van der Waals surface area contributed by atoms with E-state index in [0.29, 0.717) is 13.2 Å². The second-order valence-corrected chi connectivity index (χ2v) is 8.48. The lowest BCUT2D eigenvalue weighted by atomic mass is 9.76. The lowest BCUT2D eigenvalue weighted by molar-refractivity contribution is -0.119.